The van der Waals surface area contributed by atoms with E-state index in [9.17, 15) is 0 Å². The third-order valence-electron chi connectivity index (χ3n) is 2.98. The second-order valence-electron chi connectivity index (χ2n) is 4.24. The van der Waals surface area contributed by atoms with Crippen molar-refractivity contribution in [2.45, 2.75) is 12.8 Å². The molecule has 0 amide bonds. The van der Waals surface area contributed by atoms with Gasteiger partial charge in [-0.2, -0.15) is 0 Å². The van der Waals surface area contributed by atoms with Crippen molar-refractivity contribution in [3.05, 3.63) is 11.8 Å². The van der Waals surface area contributed by atoms with Crippen molar-refractivity contribution in [3.8, 4) is 0 Å². The Morgan fingerprint density at radius 3 is 2.71 bits per heavy atom. The molecule has 0 atom stereocenters. The SMILES string of the molecule is CN1CCN(CC2=CN=CCC2)CC1. The van der Waals surface area contributed by atoms with E-state index in [-0.39, 0.29) is 0 Å². The molecule has 3 heteroatoms. The van der Waals surface area contributed by atoms with Crippen LogP contribution in [-0.4, -0.2) is 55.8 Å². The summed E-state index contributed by atoms with van der Waals surface area (Å²) in [5.41, 5.74) is 1.50. The molecule has 0 aliphatic carbocycles. The van der Waals surface area contributed by atoms with Crippen LogP contribution in [0.25, 0.3) is 0 Å². The van der Waals surface area contributed by atoms with Crippen LogP contribution in [0.4, 0.5) is 0 Å². The van der Waals surface area contributed by atoms with Crippen molar-refractivity contribution in [1.29, 1.82) is 0 Å². The molecule has 0 saturated carbocycles. The van der Waals surface area contributed by atoms with Crippen molar-refractivity contribution in [1.82, 2.24) is 9.80 Å². The summed E-state index contributed by atoms with van der Waals surface area (Å²) < 4.78 is 0. The Bertz CT molecular complexity index is 237. The van der Waals surface area contributed by atoms with Gasteiger partial charge in [-0.05, 0) is 25.5 Å². The Kier molecular flexibility index (Phi) is 3.32. The van der Waals surface area contributed by atoms with Crippen molar-refractivity contribution < 1.29 is 0 Å². The summed E-state index contributed by atoms with van der Waals surface area (Å²) >= 11 is 0. The first-order chi connectivity index (χ1) is 6.84. The predicted molar refractivity (Wildman–Crippen MR) is 59.7 cm³/mol. The third kappa shape index (κ3) is 2.66. The molecule has 0 unspecified atom stereocenters. The zero-order valence-corrected chi connectivity index (χ0v) is 8.95. The van der Waals surface area contributed by atoms with Gasteiger partial charge in [0.25, 0.3) is 0 Å². The maximum atomic E-state index is 4.21. The molecule has 0 bridgehead atoms. The van der Waals surface area contributed by atoms with Gasteiger partial charge >= 0.3 is 0 Å². The number of aliphatic imine (C=N–C) groups is 1. The summed E-state index contributed by atoms with van der Waals surface area (Å²) in [7, 11) is 2.20. The average molecular weight is 193 g/mol. The van der Waals surface area contributed by atoms with Crippen LogP contribution >= 0.6 is 0 Å². The Labute approximate surface area is 86.1 Å². The van der Waals surface area contributed by atoms with Gasteiger partial charge < -0.3 is 4.90 Å². The highest BCUT2D eigenvalue weighted by molar-refractivity contribution is 5.60. The number of piperazine rings is 1. The topological polar surface area (TPSA) is 18.8 Å². The highest BCUT2D eigenvalue weighted by Crippen LogP contribution is 2.11. The summed E-state index contributed by atoms with van der Waals surface area (Å²) in [5.74, 6) is 0. The van der Waals surface area contributed by atoms with Gasteiger partial charge in [0.1, 0.15) is 0 Å². The van der Waals surface area contributed by atoms with E-state index in [0.29, 0.717) is 0 Å². The third-order valence-corrected chi connectivity index (χ3v) is 2.98. The fourth-order valence-corrected chi connectivity index (χ4v) is 1.96. The largest absolute Gasteiger partial charge is 0.304 e. The van der Waals surface area contributed by atoms with Crippen LogP contribution in [0.3, 0.4) is 0 Å². The molecule has 0 radical (unpaired) electrons. The maximum absolute atomic E-state index is 4.21. The van der Waals surface area contributed by atoms with Crippen LogP contribution in [0.2, 0.25) is 0 Å². The normalized spacial score (nSPS) is 25.1. The lowest BCUT2D eigenvalue weighted by molar-refractivity contribution is 0.163. The summed E-state index contributed by atoms with van der Waals surface area (Å²) in [6.07, 6.45) is 6.38. The lowest BCUT2D eigenvalue weighted by atomic mass is 10.1. The first-order valence-electron chi connectivity index (χ1n) is 5.45. The van der Waals surface area contributed by atoms with E-state index < -0.39 is 0 Å². The maximum Gasteiger partial charge on any atom is 0.0268 e. The fraction of sp³-hybridized carbons (Fsp3) is 0.727. The molecule has 0 N–H and O–H groups in total. The van der Waals surface area contributed by atoms with Gasteiger partial charge in [0.05, 0.1) is 0 Å². The summed E-state index contributed by atoms with van der Waals surface area (Å²) in [5, 5.41) is 0. The van der Waals surface area contributed by atoms with Crippen molar-refractivity contribution in [2.24, 2.45) is 4.99 Å². The van der Waals surface area contributed by atoms with Crippen LogP contribution < -0.4 is 0 Å². The lowest BCUT2D eigenvalue weighted by Crippen LogP contribution is -2.45. The van der Waals surface area contributed by atoms with Crippen LogP contribution in [0, 0.1) is 0 Å². The molecular formula is C11H19N3. The highest BCUT2D eigenvalue weighted by Gasteiger charge is 2.14. The van der Waals surface area contributed by atoms with Gasteiger partial charge in [-0.15, -0.1) is 0 Å². The zero-order valence-electron chi connectivity index (χ0n) is 8.95. The van der Waals surface area contributed by atoms with Crippen LogP contribution in [0.1, 0.15) is 12.8 Å². The van der Waals surface area contributed by atoms with E-state index >= 15 is 0 Å². The standard InChI is InChI=1S/C11H19N3/c1-13-5-7-14(8-6-13)10-11-3-2-4-12-9-11/h4,9H,2-3,5-8,10H2,1H3. The number of hydrogen-bond donors (Lipinski definition) is 0. The number of rotatable bonds is 2. The van der Waals surface area contributed by atoms with Gasteiger partial charge in [-0.1, -0.05) is 0 Å². The summed E-state index contributed by atoms with van der Waals surface area (Å²) in [6.45, 7) is 5.95. The average Bonchev–Trinajstić information content (AvgIpc) is 2.23. The van der Waals surface area contributed by atoms with Gasteiger partial charge in [0, 0.05) is 45.1 Å². The molecule has 0 aromatic heterocycles. The fourth-order valence-electron chi connectivity index (χ4n) is 1.96. The summed E-state index contributed by atoms with van der Waals surface area (Å²) in [4.78, 5) is 9.14. The van der Waals surface area contributed by atoms with E-state index in [1.54, 1.807) is 0 Å². The van der Waals surface area contributed by atoms with E-state index in [1.165, 1.54) is 38.2 Å². The number of nitrogens with zero attached hydrogens (tertiary/aromatic N) is 3. The Balaban J connectivity index is 1.80. The van der Waals surface area contributed by atoms with Gasteiger partial charge in [-0.3, -0.25) is 9.89 Å². The molecule has 2 rings (SSSR count). The molecule has 0 spiro atoms. The van der Waals surface area contributed by atoms with E-state index in [0.717, 1.165) is 13.0 Å². The first kappa shape index (κ1) is 9.87. The minimum absolute atomic E-state index is 1.12. The molecule has 1 fully saturated rings. The highest BCUT2D eigenvalue weighted by atomic mass is 15.2. The van der Waals surface area contributed by atoms with E-state index in [4.69, 9.17) is 0 Å². The molecular weight excluding hydrogens is 174 g/mol. The molecule has 2 aliphatic rings. The summed E-state index contributed by atoms with van der Waals surface area (Å²) in [6, 6.07) is 0. The van der Waals surface area contributed by atoms with Gasteiger partial charge in [-0.25, -0.2) is 0 Å². The second-order valence-corrected chi connectivity index (χ2v) is 4.24. The number of likely N-dealkylation sites (N-methyl/N-ethyl adjacent to an activating group) is 1. The monoisotopic (exact) mass is 193 g/mol. The molecule has 1 saturated heterocycles. The van der Waals surface area contributed by atoms with Crippen molar-refractivity contribution in [3.63, 3.8) is 0 Å². The molecule has 2 aliphatic heterocycles. The Morgan fingerprint density at radius 1 is 1.29 bits per heavy atom. The molecule has 3 nitrogen and oxygen atoms in total. The van der Waals surface area contributed by atoms with Crippen molar-refractivity contribution in [2.75, 3.05) is 39.8 Å². The van der Waals surface area contributed by atoms with Crippen molar-refractivity contribution >= 4 is 6.21 Å². The molecule has 2 heterocycles. The van der Waals surface area contributed by atoms with Crippen LogP contribution in [0.5, 0.6) is 0 Å². The minimum atomic E-state index is 1.12. The Hall–Kier alpha value is -0.670. The van der Waals surface area contributed by atoms with E-state index in [2.05, 4.69) is 21.8 Å². The van der Waals surface area contributed by atoms with Crippen LogP contribution in [-0.2, 0) is 0 Å². The zero-order chi connectivity index (χ0) is 9.80. The van der Waals surface area contributed by atoms with Gasteiger partial charge in [0.15, 0.2) is 0 Å². The lowest BCUT2D eigenvalue weighted by Gasteiger charge is -2.33. The molecule has 0 aromatic rings. The molecule has 0 aromatic carbocycles. The predicted octanol–water partition coefficient (Wildman–Crippen LogP) is 0.982. The number of hydrogen-bond acceptors (Lipinski definition) is 3. The van der Waals surface area contributed by atoms with Gasteiger partial charge in [0.2, 0.25) is 0 Å². The first-order valence-corrected chi connectivity index (χ1v) is 5.45. The molecule has 78 valence electrons. The van der Waals surface area contributed by atoms with E-state index in [1.807, 2.05) is 12.4 Å². The molecule has 14 heavy (non-hydrogen) atoms. The minimum Gasteiger partial charge on any atom is -0.304 e. The quantitative estimate of drug-likeness (QED) is 0.651. The smallest absolute Gasteiger partial charge is 0.0268 e. The Morgan fingerprint density at radius 2 is 2.07 bits per heavy atom. The second kappa shape index (κ2) is 4.71. The van der Waals surface area contributed by atoms with Crippen LogP contribution in [0.15, 0.2) is 16.8 Å².